The first-order chi connectivity index (χ1) is 16.8. The van der Waals surface area contributed by atoms with Crippen LogP contribution >= 0.6 is 34.8 Å². The number of rotatable bonds is 10. The van der Waals surface area contributed by atoms with E-state index >= 15 is 0 Å². The molecule has 8 heteroatoms. The third-order valence-corrected chi connectivity index (χ3v) is 6.61. The fourth-order valence-electron chi connectivity index (χ4n) is 3.62. The van der Waals surface area contributed by atoms with Gasteiger partial charge in [-0.05, 0) is 60.9 Å². The smallest absolute Gasteiger partial charge is 0.261 e. The first kappa shape index (κ1) is 26.9. The summed E-state index contributed by atoms with van der Waals surface area (Å²) in [6.07, 6.45) is 0.347. The van der Waals surface area contributed by atoms with Gasteiger partial charge in [-0.3, -0.25) is 9.59 Å². The van der Waals surface area contributed by atoms with Crippen LogP contribution in [0.2, 0.25) is 15.1 Å². The van der Waals surface area contributed by atoms with Crippen LogP contribution in [-0.4, -0.2) is 35.9 Å². The van der Waals surface area contributed by atoms with Gasteiger partial charge in [-0.2, -0.15) is 0 Å². The van der Waals surface area contributed by atoms with Gasteiger partial charge in [0.2, 0.25) is 5.91 Å². The van der Waals surface area contributed by atoms with Gasteiger partial charge in [0.05, 0.1) is 10.0 Å². The van der Waals surface area contributed by atoms with Crippen LogP contribution in [0.5, 0.6) is 5.75 Å². The van der Waals surface area contributed by atoms with Crippen molar-refractivity contribution in [3.63, 3.8) is 0 Å². The third-order valence-electron chi connectivity index (χ3n) is 5.45. The lowest BCUT2D eigenvalue weighted by Gasteiger charge is -2.31. The zero-order chi connectivity index (χ0) is 25.4. The molecule has 0 fully saturated rings. The molecule has 3 aromatic carbocycles. The third kappa shape index (κ3) is 7.63. The van der Waals surface area contributed by atoms with E-state index in [9.17, 15) is 9.59 Å². The highest BCUT2D eigenvalue weighted by atomic mass is 35.5. The Morgan fingerprint density at radius 1 is 0.914 bits per heavy atom. The van der Waals surface area contributed by atoms with Crippen molar-refractivity contribution >= 4 is 46.6 Å². The topological polar surface area (TPSA) is 58.6 Å². The molecule has 0 saturated heterocycles. The van der Waals surface area contributed by atoms with E-state index < -0.39 is 6.04 Å². The second-order valence-electron chi connectivity index (χ2n) is 8.07. The number of hydrogen-bond acceptors (Lipinski definition) is 3. The van der Waals surface area contributed by atoms with E-state index in [1.54, 1.807) is 36.4 Å². The first-order valence-corrected chi connectivity index (χ1v) is 12.4. The fraction of sp³-hybridized carbons (Fsp3) is 0.259. The number of carbonyl (C=O) groups is 2. The molecule has 0 spiro atoms. The van der Waals surface area contributed by atoms with E-state index in [-0.39, 0.29) is 25.0 Å². The van der Waals surface area contributed by atoms with Crippen molar-refractivity contribution in [2.75, 3.05) is 13.2 Å². The maximum atomic E-state index is 13.5. The molecule has 0 aliphatic heterocycles. The number of aryl methyl sites for hydroxylation is 1. The number of halogens is 3. The second kappa shape index (κ2) is 12.8. The molecule has 0 aliphatic rings. The quantitative estimate of drug-likeness (QED) is 0.342. The Balaban J connectivity index is 1.91. The highest BCUT2D eigenvalue weighted by molar-refractivity contribution is 6.42. The highest BCUT2D eigenvalue weighted by Crippen LogP contribution is 2.25. The Morgan fingerprint density at radius 3 is 2.29 bits per heavy atom. The molecule has 0 radical (unpaired) electrons. The summed E-state index contributed by atoms with van der Waals surface area (Å²) in [6, 6.07) is 19.2. The summed E-state index contributed by atoms with van der Waals surface area (Å²) in [6.45, 7) is 4.06. The van der Waals surface area contributed by atoms with E-state index in [1.165, 1.54) is 4.90 Å². The number of nitrogens with zero attached hydrogens (tertiary/aromatic N) is 1. The highest BCUT2D eigenvalue weighted by Gasteiger charge is 2.30. The molecule has 0 aromatic heterocycles. The molecule has 184 valence electrons. The molecule has 35 heavy (non-hydrogen) atoms. The predicted molar refractivity (Wildman–Crippen MR) is 141 cm³/mol. The van der Waals surface area contributed by atoms with Crippen molar-refractivity contribution in [2.45, 2.75) is 32.9 Å². The average molecular weight is 534 g/mol. The Morgan fingerprint density at radius 2 is 1.63 bits per heavy atom. The molecular formula is C27H27Cl3N2O3. The summed E-state index contributed by atoms with van der Waals surface area (Å²) in [4.78, 5) is 28.2. The van der Waals surface area contributed by atoms with Crippen molar-refractivity contribution in [3.05, 3.63) is 98.5 Å². The lowest BCUT2D eigenvalue weighted by atomic mass is 10.0. The molecule has 3 rings (SSSR count). The van der Waals surface area contributed by atoms with Crippen molar-refractivity contribution < 1.29 is 14.3 Å². The largest absolute Gasteiger partial charge is 0.484 e. The molecule has 0 unspecified atom stereocenters. The predicted octanol–water partition coefficient (Wildman–Crippen LogP) is 6.11. The maximum absolute atomic E-state index is 13.5. The zero-order valence-corrected chi connectivity index (χ0v) is 21.8. The van der Waals surface area contributed by atoms with E-state index in [4.69, 9.17) is 39.5 Å². The summed E-state index contributed by atoms with van der Waals surface area (Å²) >= 11 is 18.4. The Hall–Kier alpha value is -2.73. The van der Waals surface area contributed by atoms with Crippen LogP contribution in [-0.2, 0) is 22.6 Å². The van der Waals surface area contributed by atoms with Crippen LogP contribution in [0, 0.1) is 6.92 Å². The van der Waals surface area contributed by atoms with Gasteiger partial charge in [-0.25, -0.2) is 0 Å². The van der Waals surface area contributed by atoms with Crippen LogP contribution in [0.15, 0.2) is 66.7 Å². The van der Waals surface area contributed by atoms with Crippen LogP contribution in [0.1, 0.15) is 23.6 Å². The van der Waals surface area contributed by atoms with Crippen LogP contribution in [0.3, 0.4) is 0 Å². The van der Waals surface area contributed by atoms with E-state index in [2.05, 4.69) is 5.32 Å². The molecule has 1 atom stereocenters. The van der Waals surface area contributed by atoms with Gasteiger partial charge in [-0.15, -0.1) is 0 Å². The molecule has 3 aromatic rings. The molecule has 0 saturated carbocycles. The van der Waals surface area contributed by atoms with E-state index in [0.29, 0.717) is 33.8 Å². The molecule has 5 nitrogen and oxygen atoms in total. The molecule has 2 amide bonds. The van der Waals surface area contributed by atoms with Crippen molar-refractivity contribution in [1.29, 1.82) is 0 Å². The number of likely N-dealkylation sites (N-methyl/N-ethyl adjacent to an activating group) is 1. The van der Waals surface area contributed by atoms with E-state index in [0.717, 1.165) is 16.7 Å². The first-order valence-electron chi connectivity index (χ1n) is 11.2. The van der Waals surface area contributed by atoms with Crippen molar-refractivity contribution in [2.24, 2.45) is 0 Å². The van der Waals surface area contributed by atoms with Gasteiger partial charge in [0.15, 0.2) is 6.61 Å². The van der Waals surface area contributed by atoms with Crippen molar-refractivity contribution in [3.8, 4) is 5.75 Å². The summed E-state index contributed by atoms with van der Waals surface area (Å²) in [5.74, 6) is -0.0599. The Bertz CT molecular complexity index is 1170. The van der Waals surface area contributed by atoms with Crippen molar-refractivity contribution in [1.82, 2.24) is 10.2 Å². The lowest BCUT2D eigenvalue weighted by Crippen LogP contribution is -2.51. The van der Waals surface area contributed by atoms with Gasteiger partial charge < -0.3 is 15.0 Å². The Labute approximate surface area is 220 Å². The molecule has 0 bridgehead atoms. The summed E-state index contributed by atoms with van der Waals surface area (Å²) in [5, 5.41) is 4.27. The van der Waals surface area contributed by atoms with Gasteiger partial charge in [0.1, 0.15) is 11.8 Å². The van der Waals surface area contributed by atoms with Gasteiger partial charge in [0.25, 0.3) is 5.91 Å². The molecular weight excluding hydrogens is 507 g/mol. The second-order valence-corrected chi connectivity index (χ2v) is 9.29. The average Bonchev–Trinajstić information content (AvgIpc) is 2.84. The minimum absolute atomic E-state index is 0.160. The molecule has 0 heterocycles. The summed E-state index contributed by atoms with van der Waals surface area (Å²) in [7, 11) is 0. The lowest BCUT2D eigenvalue weighted by molar-refractivity contribution is -0.142. The Kier molecular flexibility index (Phi) is 9.84. The minimum atomic E-state index is -0.755. The van der Waals surface area contributed by atoms with Crippen LogP contribution < -0.4 is 10.1 Å². The van der Waals surface area contributed by atoms with Gasteiger partial charge >= 0.3 is 0 Å². The van der Waals surface area contributed by atoms with Gasteiger partial charge in [0, 0.05) is 24.5 Å². The van der Waals surface area contributed by atoms with Crippen LogP contribution in [0.25, 0.3) is 0 Å². The maximum Gasteiger partial charge on any atom is 0.261 e. The number of nitrogens with one attached hydrogen (secondary N) is 1. The monoisotopic (exact) mass is 532 g/mol. The van der Waals surface area contributed by atoms with Gasteiger partial charge in [-0.1, -0.05) is 71.2 Å². The summed E-state index contributed by atoms with van der Waals surface area (Å²) < 4.78 is 5.78. The number of amides is 2. The number of carbonyl (C=O) groups excluding carboxylic acids is 2. The standard InChI is InChI=1S/C27H27Cl3N2O3/c1-3-31-27(34)25(15-19-7-5-4-6-8-19)32(16-20-9-11-23(29)24(30)14-20)26(33)17-35-21-10-12-22(28)18(2)13-21/h4-14,25H,3,15-17H2,1-2H3,(H,31,34)/t25-/m0/s1. The fourth-order valence-corrected chi connectivity index (χ4v) is 4.05. The molecule has 0 aliphatic carbocycles. The normalized spacial score (nSPS) is 11.6. The zero-order valence-electron chi connectivity index (χ0n) is 19.6. The van der Waals surface area contributed by atoms with E-state index in [1.807, 2.05) is 44.2 Å². The number of benzene rings is 3. The molecule has 1 N–H and O–H groups in total. The minimum Gasteiger partial charge on any atom is -0.484 e. The summed E-state index contributed by atoms with van der Waals surface area (Å²) in [5.41, 5.74) is 2.52. The van der Waals surface area contributed by atoms with Crippen LogP contribution in [0.4, 0.5) is 0 Å². The number of hydrogen-bond donors (Lipinski definition) is 1. The SMILES string of the molecule is CCNC(=O)[C@H](Cc1ccccc1)N(Cc1ccc(Cl)c(Cl)c1)C(=O)COc1ccc(Cl)c(C)c1. The number of ether oxygens (including phenoxy) is 1.